The lowest BCUT2D eigenvalue weighted by atomic mass is 9.78. The largest absolute Gasteiger partial charge is 0.542 e. The van der Waals surface area contributed by atoms with Gasteiger partial charge >= 0.3 is 7.12 Å². The summed E-state index contributed by atoms with van der Waals surface area (Å²) in [7, 11) is -2.58. The van der Waals surface area contributed by atoms with Gasteiger partial charge in [0.1, 0.15) is 5.75 Å². The maximum atomic E-state index is 14.7. The number of hydrogen-bond acceptors (Lipinski definition) is 3. The van der Waals surface area contributed by atoms with E-state index in [1.54, 1.807) is 18.2 Å². The summed E-state index contributed by atoms with van der Waals surface area (Å²) >= 11 is 0. The van der Waals surface area contributed by atoms with Crippen LogP contribution in [0.2, 0.25) is 19.6 Å². The van der Waals surface area contributed by atoms with Gasteiger partial charge in [0.05, 0.1) is 11.2 Å². The van der Waals surface area contributed by atoms with Gasteiger partial charge in [0, 0.05) is 5.46 Å². The first kappa shape index (κ1) is 16.5. The van der Waals surface area contributed by atoms with Gasteiger partial charge in [0.25, 0.3) is 0 Å². The van der Waals surface area contributed by atoms with Crippen LogP contribution >= 0.6 is 0 Å². The van der Waals surface area contributed by atoms with Crippen LogP contribution in [0.5, 0.6) is 5.75 Å². The summed E-state index contributed by atoms with van der Waals surface area (Å²) in [5.74, 6) is -0.111. The van der Waals surface area contributed by atoms with Crippen LogP contribution in [-0.2, 0) is 9.31 Å². The molecule has 0 amide bonds. The average Bonchev–Trinajstić information content (AvgIpc) is 2.49. The normalized spacial score (nSPS) is 20.7. The Morgan fingerprint density at radius 1 is 1.05 bits per heavy atom. The molecule has 1 fully saturated rings. The Hall–Kier alpha value is -0.848. The van der Waals surface area contributed by atoms with Gasteiger partial charge in [0.2, 0.25) is 8.32 Å². The molecule has 0 aromatic heterocycles. The van der Waals surface area contributed by atoms with Gasteiger partial charge < -0.3 is 13.7 Å². The maximum absolute atomic E-state index is 14.7. The van der Waals surface area contributed by atoms with Crippen LogP contribution in [0.1, 0.15) is 27.7 Å². The minimum Gasteiger partial charge on any atom is -0.542 e. The van der Waals surface area contributed by atoms with Gasteiger partial charge in [-0.05, 0) is 53.4 Å². The molecule has 0 radical (unpaired) electrons. The molecule has 3 nitrogen and oxygen atoms in total. The van der Waals surface area contributed by atoms with E-state index in [4.69, 9.17) is 13.7 Å². The minimum atomic E-state index is -1.87. The van der Waals surface area contributed by atoms with Crippen LogP contribution in [-0.4, -0.2) is 26.6 Å². The molecule has 6 heteroatoms. The van der Waals surface area contributed by atoms with Crippen LogP contribution < -0.4 is 9.89 Å². The van der Waals surface area contributed by atoms with Crippen molar-refractivity contribution in [3.05, 3.63) is 24.0 Å². The topological polar surface area (TPSA) is 27.7 Å². The zero-order chi connectivity index (χ0) is 16.1. The fraction of sp³-hybridized carbons (Fsp3) is 0.600. The number of benzene rings is 1. The summed E-state index contributed by atoms with van der Waals surface area (Å²) in [6.07, 6.45) is 0. The molecule has 0 atom stereocenters. The monoisotopic (exact) mass is 310 g/mol. The fourth-order valence-corrected chi connectivity index (χ4v) is 2.91. The van der Waals surface area contributed by atoms with Crippen molar-refractivity contribution in [1.29, 1.82) is 0 Å². The van der Waals surface area contributed by atoms with E-state index in [1.165, 1.54) is 0 Å². The highest BCUT2D eigenvalue weighted by molar-refractivity contribution is 6.70. The molecule has 0 aliphatic carbocycles. The van der Waals surface area contributed by atoms with Crippen LogP contribution in [0.3, 0.4) is 0 Å². The highest BCUT2D eigenvalue weighted by atomic mass is 28.4. The molecule has 1 aliphatic rings. The molecular weight excluding hydrogens is 286 g/mol. The van der Waals surface area contributed by atoms with Crippen molar-refractivity contribution >= 4 is 20.9 Å². The predicted molar refractivity (Wildman–Crippen MR) is 86.1 cm³/mol. The van der Waals surface area contributed by atoms with Gasteiger partial charge in [-0.15, -0.1) is 0 Å². The second kappa shape index (κ2) is 5.11. The fourth-order valence-electron chi connectivity index (χ4n) is 2.09. The lowest BCUT2D eigenvalue weighted by Gasteiger charge is -2.32. The van der Waals surface area contributed by atoms with Gasteiger partial charge in [-0.2, -0.15) is 0 Å². The summed E-state index contributed by atoms with van der Waals surface area (Å²) < 4.78 is 32.3. The molecule has 2 rings (SSSR count). The molecule has 1 aliphatic heterocycles. The van der Waals surface area contributed by atoms with Crippen molar-refractivity contribution < 1.29 is 18.1 Å². The Bertz CT molecular complexity index is 524. The first-order valence-corrected chi connectivity index (χ1v) is 10.7. The Balaban J connectivity index is 2.33. The Labute approximate surface area is 128 Å². The summed E-state index contributed by atoms with van der Waals surface area (Å²) in [6, 6.07) is 5.12. The molecule has 21 heavy (non-hydrogen) atoms. The molecule has 1 aromatic rings. The van der Waals surface area contributed by atoms with E-state index in [0.717, 1.165) is 0 Å². The molecule has 1 heterocycles. The van der Waals surface area contributed by atoms with Crippen LogP contribution in [0.15, 0.2) is 18.2 Å². The lowest BCUT2D eigenvalue weighted by molar-refractivity contribution is 0.00578. The average molecular weight is 310 g/mol. The summed E-state index contributed by atoms with van der Waals surface area (Å²) in [5, 5.41) is 0. The smallest absolute Gasteiger partial charge is 0.497 e. The van der Waals surface area contributed by atoms with E-state index in [9.17, 15) is 4.39 Å². The lowest BCUT2D eigenvalue weighted by Crippen LogP contribution is -2.41. The van der Waals surface area contributed by atoms with Crippen LogP contribution in [0.25, 0.3) is 0 Å². The molecule has 0 unspecified atom stereocenters. The molecule has 0 saturated carbocycles. The first-order chi connectivity index (χ1) is 9.43. The molecule has 1 aromatic carbocycles. The highest BCUT2D eigenvalue weighted by Crippen LogP contribution is 2.37. The quantitative estimate of drug-likeness (QED) is 0.802. The molecule has 0 N–H and O–H groups in total. The molecule has 1 saturated heterocycles. The summed E-state index contributed by atoms with van der Waals surface area (Å²) in [5.41, 5.74) is -0.580. The van der Waals surface area contributed by atoms with E-state index in [-0.39, 0.29) is 5.75 Å². The van der Waals surface area contributed by atoms with E-state index in [2.05, 4.69) is 0 Å². The second-order valence-electron chi connectivity index (χ2n) is 7.46. The SMILES string of the molecule is CC1(C)OB(c2cccc(O[Si](C)(C)C)c2F)OC1(C)C. The molecule has 0 spiro atoms. The Morgan fingerprint density at radius 2 is 1.57 bits per heavy atom. The molecular formula is C15H24BFO3Si. The third-order valence-electron chi connectivity index (χ3n) is 3.92. The minimum absolute atomic E-state index is 0.279. The Kier molecular flexibility index (Phi) is 4.02. The zero-order valence-electron chi connectivity index (χ0n) is 13.9. The third kappa shape index (κ3) is 3.33. The standard InChI is InChI=1S/C15H24BFO3Si/c1-14(2)15(3,4)20-16(19-14)11-9-8-10-12(13(11)17)18-21(5,6)7/h8-10H,1-7H3. The van der Waals surface area contributed by atoms with Crippen molar-refractivity contribution in [2.75, 3.05) is 0 Å². The van der Waals surface area contributed by atoms with Crippen molar-refractivity contribution in [3.8, 4) is 5.75 Å². The van der Waals surface area contributed by atoms with E-state index in [0.29, 0.717) is 5.46 Å². The predicted octanol–water partition coefficient (Wildman–Crippen LogP) is 3.34. The summed E-state index contributed by atoms with van der Waals surface area (Å²) in [6.45, 7) is 13.9. The molecule has 116 valence electrons. The maximum Gasteiger partial charge on any atom is 0.497 e. The van der Waals surface area contributed by atoms with Crippen molar-refractivity contribution in [2.45, 2.75) is 58.5 Å². The van der Waals surface area contributed by atoms with Crippen molar-refractivity contribution in [3.63, 3.8) is 0 Å². The van der Waals surface area contributed by atoms with Crippen molar-refractivity contribution in [2.24, 2.45) is 0 Å². The number of halogens is 1. The van der Waals surface area contributed by atoms with Gasteiger partial charge in [-0.3, -0.25) is 0 Å². The number of rotatable bonds is 3. The van der Waals surface area contributed by atoms with E-state index < -0.39 is 32.5 Å². The van der Waals surface area contributed by atoms with Gasteiger partial charge in [0.15, 0.2) is 5.82 Å². The van der Waals surface area contributed by atoms with Crippen LogP contribution in [0, 0.1) is 5.82 Å². The van der Waals surface area contributed by atoms with Gasteiger partial charge in [-0.1, -0.05) is 12.1 Å². The van der Waals surface area contributed by atoms with E-state index in [1.807, 2.05) is 47.3 Å². The molecule has 0 bridgehead atoms. The Morgan fingerprint density at radius 3 is 2.05 bits per heavy atom. The number of hydrogen-bond donors (Lipinski definition) is 0. The van der Waals surface area contributed by atoms with Crippen molar-refractivity contribution in [1.82, 2.24) is 0 Å². The summed E-state index contributed by atoms with van der Waals surface area (Å²) in [4.78, 5) is 0. The third-order valence-corrected chi connectivity index (χ3v) is 4.75. The van der Waals surface area contributed by atoms with E-state index >= 15 is 0 Å². The van der Waals surface area contributed by atoms with Gasteiger partial charge in [-0.25, -0.2) is 4.39 Å². The zero-order valence-corrected chi connectivity index (χ0v) is 14.9. The second-order valence-corrected chi connectivity index (χ2v) is 11.9. The first-order valence-electron chi connectivity index (χ1n) is 7.26. The van der Waals surface area contributed by atoms with Crippen LogP contribution in [0.4, 0.5) is 4.39 Å². The highest BCUT2D eigenvalue weighted by Gasteiger charge is 2.52.